The van der Waals surface area contributed by atoms with Crippen LogP contribution in [-0.4, -0.2) is 23.0 Å². The van der Waals surface area contributed by atoms with Gasteiger partial charge in [0.2, 0.25) is 0 Å². The van der Waals surface area contributed by atoms with Crippen molar-refractivity contribution < 1.29 is 14.7 Å². The third kappa shape index (κ3) is 2.61. The average Bonchev–Trinajstić information content (AvgIpc) is 2.03. The highest BCUT2D eigenvalue weighted by molar-refractivity contribution is 5.88. The van der Waals surface area contributed by atoms with E-state index in [0.29, 0.717) is 6.42 Å². The van der Waals surface area contributed by atoms with Gasteiger partial charge in [0.25, 0.3) is 5.91 Å². The number of rotatable bonds is 3. The van der Waals surface area contributed by atoms with E-state index in [0.717, 1.165) is 0 Å². The van der Waals surface area contributed by atoms with E-state index in [1.165, 1.54) is 6.08 Å². The largest absolute Gasteiger partial charge is 0.481 e. The molecule has 0 radical (unpaired) electrons. The molecule has 1 rings (SSSR count). The predicted molar refractivity (Wildman–Crippen MR) is 39.7 cm³/mol. The molecule has 1 unspecified atom stereocenters. The van der Waals surface area contributed by atoms with Crippen LogP contribution in [0.25, 0.3) is 0 Å². The Morgan fingerprint density at radius 3 is 2.92 bits per heavy atom. The van der Waals surface area contributed by atoms with Crippen LogP contribution in [-0.2, 0) is 9.59 Å². The van der Waals surface area contributed by atoms with Crippen LogP contribution in [0.5, 0.6) is 0 Å². The minimum absolute atomic E-state index is 0.0439. The van der Waals surface area contributed by atoms with Gasteiger partial charge in [0.15, 0.2) is 0 Å². The van der Waals surface area contributed by atoms with Crippen molar-refractivity contribution in [2.75, 3.05) is 0 Å². The lowest BCUT2D eigenvalue weighted by Crippen LogP contribution is -2.08. The van der Waals surface area contributed by atoms with Gasteiger partial charge < -0.3 is 5.11 Å². The minimum Gasteiger partial charge on any atom is -0.481 e. The second-order valence-corrected chi connectivity index (χ2v) is 2.41. The van der Waals surface area contributed by atoms with E-state index in [1.807, 2.05) is 0 Å². The first-order valence-electron chi connectivity index (χ1n) is 3.53. The zero-order chi connectivity index (χ0) is 8.97. The fraction of sp³-hybridized carbons (Fsp3) is 0.429. The van der Waals surface area contributed by atoms with Crippen LogP contribution in [0.1, 0.15) is 12.8 Å². The van der Waals surface area contributed by atoms with E-state index in [4.69, 9.17) is 5.11 Å². The molecule has 1 atom stereocenters. The Kier molecular flexibility index (Phi) is 2.68. The van der Waals surface area contributed by atoms with Crippen molar-refractivity contribution in [2.24, 2.45) is 10.2 Å². The van der Waals surface area contributed by atoms with E-state index < -0.39 is 5.97 Å². The summed E-state index contributed by atoms with van der Waals surface area (Å²) in [7, 11) is 0. The van der Waals surface area contributed by atoms with Gasteiger partial charge in [-0.05, 0) is 6.42 Å². The maximum Gasteiger partial charge on any atom is 0.303 e. The molecule has 0 fully saturated rings. The number of carbonyl (C=O) groups excluding carboxylic acids is 1. The number of carboxylic acids is 1. The molecule has 0 saturated heterocycles. The molecule has 0 aromatic carbocycles. The van der Waals surface area contributed by atoms with Gasteiger partial charge in [-0.3, -0.25) is 9.59 Å². The normalized spacial score (nSPS) is 21.3. The quantitative estimate of drug-likeness (QED) is 0.675. The van der Waals surface area contributed by atoms with E-state index in [2.05, 4.69) is 10.2 Å². The Morgan fingerprint density at radius 2 is 2.42 bits per heavy atom. The fourth-order valence-electron chi connectivity index (χ4n) is 0.822. The zero-order valence-corrected chi connectivity index (χ0v) is 6.30. The van der Waals surface area contributed by atoms with Crippen molar-refractivity contribution in [2.45, 2.75) is 18.9 Å². The number of hydrogen-bond acceptors (Lipinski definition) is 3. The molecule has 0 aromatic rings. The highest BCUT2D eigenvalue weighted by Gasteiger charge is 2.10. The van der Waals surface area contributed by atoms with Crippen LogP contribution in [0.3, 0.4) is 0 Å². The van der Waals surface area contributed by atoms with Crippen molar-refractivity contribution in [1.29, 1.82) is 0 Å². The molecule has 0 spiro atoms. The topological polar surface area (TPSA) is 79.1 Å². The minimum atomic E-state index is -0.865. The highest BCUT2D eigenvalue weighted by atomic mass is 16.4. The lowest BCUT2D eigenvalue weighted by molar-refractivity contribution is -0.137. The molecule has 1 heterocycles. The molecule has 1 N–H and O–H groups in total. The molecule has 5 heteroatoms. The highest BCUT2D eigenvalue weighted by Crippen LogP contribution is 2.08. The number of amides is 1. The average molecular weight is 168 g/mol. The fourth-order valence-corrected chi connectivity index (χ4v) is 0.822. The third-order valence-corrected chi connectivity index (χ3v) is 1.42. The summed E-state index contributed by atoms with van der Waals surface area (Å²) >= 11 is 0. The van der Waals surface area contributed by atoms with Crippen LogP contribution >= 0.6 is 0 Å². The maximum atomic E-state index is 10.5. The lowest BCUT2D eigenvalue weighted by atomic mass is 10.1. The molecule has 0 saturated carbocycles. The smallest absolute Gasteiger partial charge is 0.303 e. The molecule has 64 valence electrons. The van der Waals surface area contributed by atoms with Crippen LogP contribution in [0.15, 0.2) is 22.4 Å². The Balaban J connectivity index is 2.36. The summed E-state index contributed by atoms with van der Waals surface area (Å²) in [6, 6.07) is -0.251. The molecule has 1 aliphatic rings. The van der Waals surface area contributed by atoms with Crippen molar-refractivity contribution in [3.05, 3.63) is 12.2 Å². The Morgan fingerprint density at radius 1 is 1.67 bits per heavy atom. The molecular weight excluding hydrogens is 160 g/mol. The molecule has 1 amide bonds. The number of azo groups is 1. The van der Waals surface area contributed by atoms with Crippen LogP contribution < -0.4 is 0 Å². The van der Waals surface area contributed by atoms with Crippen LogP contribution in [0, 0.1) is 0 Å². The van der Waals surface area contributed by atoms with Gasteiger partial charge in [-0.1, -0.05) is 6.08 Å². The summed E-state index contributed by atoms with van der Waals surface area (Å²) in [4.78, 5) is 20.6. The van der Waals surface area contributed by atoms with Gasteiger partial charge in [0.1, 0.15) is 0 Å². The molecule has 5 nitrogen and oxygen atoms in total. The van der Waals surface area contributed by atoms with Crippen LogP contribution in [0.4, 0.5) is 0 Å². The van der Waals surface area contributed by atoms with Gasteiger partial charge in [-0.15, -0.1) is 5.11 Å². The van der Waals surface area contributed by atoms with Crippen molar-refractivity contribution in [1.82, 2.24) is 0 Å². The first kappa shape index (κ1) is 8.58. The van der Waals surface area contributed by atoms with Gasteiger partial charge >= 0.3 is 5.97 Å². The Bertz CT molecular complexity index is 241. The molecule has 0 aliphatic carbocycles. The third-order valence-electron chi connectivity index (χ3n) is 1.42. The van der Waals surface area contributed by atoms with Gasteiger partial charge in [-0.25, -0.2) is 0 Å². The van der Waals surface area contributed by atoms with E-state index >= 15 is 0 Å². The molecule has 12 heavy (non-hydrogen) atoms. The molecule has 0 aromatic heterocycles. The summed E-state index contributed by atoms with van der Waals surface area (Å²) in [6.07, 6.45) is 3.31. The van der Waals surface area contributed by atoms with E-state index in [-0.39, 0.29) is 18.4 Å². The van der Waals surface area contributed by atoms with Crippen molar-refractivity contribution in [3.8, 4) is 0 Å². The zero-order valence-electron chi connectivity index (χ0n) is 6.30. The second-order valence-electron chi connectivity index (χ2n) is 2.41. The monoisotopic (exact) mass is 168 g/mol. The number of aliphatic carboxylic acids is 1. The summed E-state index contributed by atoms with van der Waals surface area (Å²) in [5.74, 6) is -1.25. The van der Waals surface area contributed by atoms with Gasteiger partial charge in [0.05, 0.1) is 6.04 Å². The standard InChI is InChI=1S/C7H8N2O3/c10-6-3-1-5(8-9-6)2-4-7(11)12/h1,3,5H,2,4H2,(H,11,12). The van der Waals surface area contributed by atoms with Gasteiger partial charge in [-0.2, -0.15) is 5.11 Å². The first-order valence-corrected chi connectivity index (χ1v) is 3.53. The van der Waals surface area contributed by atoms with Crippen molar-refractivity contribution in [3.63, 3.8) is 0 Å². The number of nitrogens with zero attached hydrogens (tertiary/aromatic N) is 2. The summed E-state index contributed by atoms with van der Waals surface area (Å²) in [5, 5.41) is 15.2. The van der Waals surface area contributed by atoms with Gasteiger partial charge in [0, 0.05) is 12.5 Å². The summed E-state index contributed by atoms with van der Waals surface area (Å²) < 4.78 is 0. The SMILES string of the molecule is O=C(O)CCC1C=CC(=O)N=N1. The predicted octanol–water partition coefficient (Wildman–Crippen LogP) is 0.768. The molecule has 1 aliphatic heterocycles. The first-order chi connectivity index (χ1) is 5.68. The molecule has 0 bridgehead atoms. The lowest BCUT2D eigenvalue weighted by Gasteiger charge is -2.05. The van der Waals surface area contributed by atoms with E-state index in [1.54, 1.807) is 6.08 Å². The maximum absolute atomic E-state index is 10.5. The molecular formula is C7H8N2O3. The Labute approximate surface area is 68.8 Å². The van der Waals surface area contributed by atoms with Crippen LogP contribution in [0.2, 0.25) is 0 Å². The number of hydrogen-bond donors (Lipinski definition) is 1. The number of carbonyl (C=O) groups is 2. The summed E-state index contributed by atoms with van der Waals surface area (Å²) in [5.41, 5.74) is 0. The summed E-state index contributed by atoms with van der Waals surface area (Å²) in [6.45, 7) is 0. The number of carboxylic acid groups (broad SMARTS) is 1. The Hall–Kier alpha value is -1.52. The van der Waals surface area contributed by atoms with E-state index in [9.17, 15) is 9.59 Å². The second kappa shape index (κ2) is 3.75. The van der Waals surface area contributed by atoms with Crippen molar-refractivity contribution >= 4 is 11.9 Å².